The first-order valence-corrected chi connectivity index (χ1v) is 8.87. The van der Waals surface area contributed by atoms with E-state index < -0.39 is 0 Å². The molecular weight excluding hydrogens is 319 g/mol. The maximum Gasteiger partial charge on any atom is 0.239 e. The maximum atomic E-state index is 13.7. The van der Waals surface area contributed by atoms with Crippen molar-refractivity contribution in [1.82, 2.24) is 9.47 Å². The lowest BCUT2D eigenvalue weighted by Crippen LogP contribution is -2.29. The standard InChI is InChI=1S/C19H23FN4O/c1-2-23-8-6-14-12(10-23)11-24(18(14)21)19(25)15-5-7-22-17-4-3-13(20)9-16(15)17/h3-4,9,11,15,22H,2,5-8,10,21H2,1H3. The summed E-state index contributed by atoms with van der Waals surface area (Å²) in [5.74, 6) is -0.209. The van der Waals surface area contributed by atoms with Crippen molar-refractivity contribution in [3.8, 4) is 0 Å². The molecule has 2 aromatic rings. The van der Waals surface area contributed by atoms with Crippen LogP contribution in [0.4, 0.5) is 15.9 Å². The van der Waals surface area contributed by atoms with Gasteiger partial charge in [-0.2, -0.15) is 0 Å². The number of halogens is 1. The second kappa shape index (κ2) is 6.19. The predicted molar refractivity (Wildman–Crippen MR) is 96.4 cm³/mol. The number of likely N-dealkylation sites (N-methyl/N-ethyl adjacent to an activating group) is 1. The predicted octanol–water partition coefficient (Wildman–Crippen LogP) is 2.83. The van der Waals surface area contributed by atoms with E-state index in [-0.39, 0.29) is 17.6 Å². The maximum absolute atomic E-state index is 13.7. The number of carbonyl (C=O) groups excluding carboxylic acids is 1. The number of fused-ring (bicyclic) bond motifs is 2. The Morgan fingerprint density at radius 2 is 2.28 bits per heavy atom. The Morgan fingerprint density at radius 1 is 1.44 bits per heavy atom. The minimum atomic E-state index is -0.370. The first kappa shape index (κ1) is 16.1. The summed E-state index contributed by atoms with van der Waals surface area (Å²) in [7, 11) is 0. The molecule has 3 heterocycles. The van der Waals surface area contributed by atoms with E-state index in [1.54, 1.807) is 10.6 Å². The van der Waals surface area contributed by atoms with Crippen molar-refractivity contribution in [2.45, 2.75) is 32.2 Å². The van der Waals surface area contributed by atoms with E-state index in [1.807, 2.05) is 6.20 Å². The van der Waals surface area contributed by atoms with Crippen molar-refractivity contribution in [2.75, 3.05) is 30.7 Å². The van der Waals surface area contributed by atoms with Crippen LogP contribution in [0.1, 0.15) is 40.7 Å². The normalized spacial score (nSPS) is 19.8. The number of aromatic nitrogens is 1. The molecule has 0 radical (unpaired) electrons. The average Bonchev–Trinajstić information content (AvgIpc) is 2.96. The summed E-state index contributed by atoms with van der Waals surface area (Å²) in [4.78, 5) is 15.5. The Hall–Kier alpha value is -2.34. The zero-order chi connectivity index (χ0) is 17.6. The molecule has 132 valence electrons. The molecule has 1 unspecified atom stereocenters. The highest BCUT2D eigenvalue weighted by molar-refractivity contribution is 5.91. The second-order valence-electron chi connectivity index (χ2n) is 6.84. The fourth-order valence-corrected chi connectivity index (χ4v) is 3.99. The lowest BCUT2D eigenvalue weighted by atomic mass is 9.90. The van der Waals surface area contributed by atoms with E-state index >= 15 is 0 Å². The Balaban J connectivity index is 1.69. The minimum Gasteiger partial charge on any atom is -0.385 e. The van der Waals surface area contributed by atoms with Crippen LogP contribution in [0.15, 0.2) is 24.4 Å². The topological polar surface area (TPSA) is 63.3 Å². The zero-order valence-corrected chi connectivity index (χ0v) is 14.4. The van der Waals surface area contributed by atoms with E-state index in [2.05, 4.69) is 17.1 Å². The van der Waals surface area contributed by atoms with Gasteiger partial charge < -0.3 is 11.1 Å². The molecule has 0 aliphatic carbocycles. The molecule has 0 fully saturated rings. The fraction of sp³-hybridized carbons (Fsp3) is 0.421. The number of nitrogen functional groups attached to an aromatic ring is 1. The van der Waals surface area contributed by atoms with Gasteiger partial charge in [0.05, 0.1) is 5.92 Å². The molecule has 6 heteroatoms. The summed E-state index contributed by atoms with van der Waals surface area (Å²) in [5.41, 5.74) is 10.1. The molecule has 2 aliphatic rings. The summed E-state index contributed by atoms with van der Waals surface area (Å²) in [6.45, 7) is 5.61. The van der Waals surface area contributed by atoms with Crippen molar-refractivity contribution in [3.05, 3.63) is 46.9 Å². The zero-order valence-electron chi connectivity index (χ0n) is 14.4. The Morgan fingerprint density at radius 3 is 3.08 bits per heavy atom. The van der Waals surface area contributed by atoms with Crippen molar-refractivity contribution >= 4 is 17.4 Å². The quantitative estimate of drug-likeness (QED) is 0.881. The summed E-state index contributed by atoms with van der Waals surface area (Å²) >= 11 is 0. The van der Waals surface area contributed by atoms with Crippen molar-refractivity contribution in [1.29, 1.82) is 0 Å². The summed E-state index contributed by atoms with van der Waals surface area (Å²) < 4.78 is 15.3. The molecule has 0 amide bonds. The molecule has 0 bridgehead atoms. The molecule has 4 rings (SSSR count). The third-order valence-electron chi connectivity index (χ3n) is 5.43. The summed E-state index contributed by atoms with van der Waals surface area (Å²) in [6.07, 6.45) is 3.39. The van der Waals surface area contributed by atoms with E-state index in [0.717, 1.165) is 48.4 Å². The molecule has 1 aromatic heterocycles. The van der Waals surface area contributed by atoms with Crippen LogP contribution < -0.4 is 11.1 Å². The molecule has 0 saturated heterocycles. The molecule has 5 nitrogen and oxygen atoms in total. The lowest BCUT2D eigenvalue weighted by molar-refractivity contribution is 0.0875. The molecule has 3 N–H and O–H groups in total. The first-order chi connectivity index (χ1) is 12.1. The van der Waals surface area contributed by atoms with Gasteiger partial charge in [-0.3, -0.25) is 14.3 Å². The van der Waals surface area contributed by atoms with Crippen molar-refractivity contribution < 1.29 is 9.18 Å². The average molecular weight is 342 g/mol. The van der Waals surface area contributed by atoms with Crippen molar-refractivity contribution in [3.63, 3.8) is 0 Å². The summed E-state index contributed by atoms with van der Waals surface area (Å²) in [6, 6.07) is 4.58. The third-order valence-corrected chi connectivity index (χ3v) is 5.43. The number of nitrogens with two attached hydrogens (primary N) is 1. The Bertz CT molecular complexity index is 829. The molecular formula is C19H23FN4O. The van der Waals surface area contributed by atoms with E-state index in [1.165, 1.54) is 12.1 Å². The van der Waals surface area contributed by atoms with Gasteiger partial charge in [0.2, 0.25) is 5.91 Å². The van der Waals surface area contributed by atoms with Gasteiger partial charge >= 0.3 is 0 Å². The highest BCUT2D eigenvalue weighted by Gasteiger charge is 2.31. The van der Waals surface area contributed by atoms with Crippen LogP contribution in [0, 0.1) is 5.82 Å². The Kier molecular flexibility index (Phi) is 4.00. The number of nitrogens with zero attached hydrogens (tertiary/aromatic N) is 2. The van der Waals surface area contributed by atoms with E-state index in [0.29, 0.717) is 18.8 Å². The highest BCUT2D eigenvalue weighted by atomic mass is 19.1. The molecule has 25 heavy (non-hydrogen) atoms. The van der Waals surface area contributed by atoms with E-state index in [4.69, 9.17) is 5.73 Å². The third kappa shape index (κ3) is 2.70. The van der Waals surface area contributed by atoms with Gasteiger partial charge in [-0.05, 0) is 48.7 Å². The van der Waals surface area contributed by atoms with Gasteiger partial charge in [-0.1, -0.05) is 6.92 Å². The molecule has 2 aliphatic heterocycles. The van der Waals surface area contributed by atoms with Gasteiger partial charge in [-0.25, -0.2) is 4.39 Å². The first-order valence-electron chi connectivity index (χ1n) is 8.87. The number of carbonyl (C=O) groups is 1. The number of hydrogen-bond donors (Lipinski definition) is 2. The number of anilines is 2. The largest absolute Gasteiger partial charge is 0.385 e. The molecule has 0 spiro atoms. The Labute approximate surface area is 146 Å². The summed E-state index contributed by atoms with van der Waals surface area (Å²) in [5, 5.41) is 3.24. The van der Waals surface area contributed by atoms with Gasteiger partial charge in [0.1, 0.15) is 11.6 Å². The van der Waals surface area contributed by atoms with Gasteiger partial charge in [0.15, 0.2) is 0 Å². The van der Waals surface area contributed by atoms with Crippen LogP contribution in [0.25, 0.3) is 0 Å². The smallest absolute Gasteiger partial charge is 0.239 e. The fourth-order valence-electron chi connectivity index (χ4n) is 3.99. The van der Waals surface area contributed by atoms with Gasteiger partial charge in [-0.15, -0.1) is 0 Å². The lowest BCUT2D eigenvalue weighted by Gasteiger charge is -2.26. The number of rotatable bonds is 2. The molecule has 0 saturated carbocycles. The van der Waals surface area contributed by atoms with Crippen molar-refractivity contribution in [2.24, 2.45) is 0 Å². The highest BCUT2D eigenvalue weighted by Crippen LogP contribution is 2.35. The number of nitrogens with one attached hydrogen (secondary N) is 1. The minimum absolute atomic E-state index is 0.0664. The van der Waals surface area contributed by atoms with Crippen LogP contribution in [-0.2, 0) is 13.0 Å². The SMILES string of the molecule is CCN1CCc2c(cn(C(=O)C3CCNc4ccc(F)cc43)c2N)C1. The second-order valence-corrected chi connectivity index (χ2v) is 6.84. The van der Waals surface area contributed by atoms with Crippen LogP contribution in [-0.4, -0.2) is 35.0 Å². The monoisotopic (exact) mass is 342 g/mol. The van der Waals surface area contributed by atoms with Crippen LogP contribution in [0.2, 0.25) is 0 Å². The van der Waals surface area contributed by atoms with Crippen LogP contribution in [0.5, 0.6) is 0 Å². The van der Waals surface area contributed by atoms with Gasteiger partial charge in [0, 0.05) is 37.1 Å². The molecule has 1 atom stereocenters. The number of hydrogen-bond acceptors (Lipinski definition) is 4. The molecule has 1 aromatic carbocycles. The number of benzene rings is 1. The van der Waals surface area contributed by atoms with Crippen LogP contribution >= 0.6 is 0 Å². The van der Waals surface area contributed by atoms with Gasteiger partial charge in [0.25, 0.3) is 0 Å². The van der Waals surface area contributed by atoms with Crippen LogP contribution in [0.3, 0.4) is 0 Å². The van der Waals surface area contributed by atoms with E-state index in [9.17, 15) is 9.18 Å².